The Balaban J connectivity index is 1.26. The lowest BCUT2D eigenvalue weighted by molar-refractivity contribution is -0.159. The van der Waals surface area contributed by atoms with Gasteiger partial charge < -0.3 is 65.6 Å². The average Bonchev–Trinajstić information content (AvgIpc) is 0.830. The predicted octanol–water partition coefficient (Wildman–Crippen LogP) is 8.10. The molecule has 648 valence electrons. The van der Waals surface area contributed by atoms with Gasteiger partial charge in [-0.1, -0.05) is 72.3 Å². The summed E-state index contributed by atoms with van der Waals surface area (Å²) >= 11 is 0. The maximum Gasteiger partial charge on any atom is 0.329 e. The molecule has 0 bridgehead atoms. The third kappa shape index (κ3) is 41.4. The number of esters is 6. The van der Waals surface area contributed by atoms with E-state index >= 15 is 0 Å². The third-order valence-corrected chi connectivity index (χ3v) is 19.2. The molecule has 0 radical (unpaired) electrons. The fourth-order valence-electron chi connectivity index (χ4n) is 13.5. The van der Waals surface area contributed by atoms with Crippen molar-refractivity contribution >= 4 is 82.2 Å². The molecule has 1 aliphatic carbocycles. The van der Waals surface area contributed by atoms with Crippen molar-refractivity contribution in [1.82, 2.24) is 56.8 Å². The SMILES string of the molecule is COC(=O)C(CCCCNC(=O)C(Cc1ccc2ccccc2c1)NC(=O)C1CCC(CNC(=O)C(CCCCNC(=O)CCCc2ccc(C)cc2)NC(=O)CN2CCN(CC(=O)OC(C)(C)C)CCN(CC(=O)OC(C)(C)C)CCN(CC(=O)OC(C)(C)C)CC2)CC1)NC(=O)NC(CCC(=O)OC(C)(C)C)C(=O)OC(C)(C)C. The maximum atomic E-state index is 14.6. The predicted molar refractivity (Wildman–Crippen MR) is 443 cm³/mol. The number of carbonyl (C=O) groups excluding carboxylic acids is 12. The number of hydrogen-bond donors (Lipinski definition) is 7. The Bertz CT molecular complexity index is 3630. The molecule has 4 atom stereocenters. The van der Waals surface area contributed by atoms with Crippen molar-refractivity contribution in [3.8, 4) is 0 Å². The van der Waals surface area contributed by atoms with Gasteiger partial charge in [-0.05, 0) is 222 Å². The molecular weight excluding hydrogens is 1490 g/mol. The summed E-state index contributed by atoms with van der Waals surface area (Å²) in [5.41, 5.74) is -0.771. The number of rotatable bonds is 38. The maximum absolute atomic E-state index is 14.6. The monoisotopic (exact) mass is 1620 g/mol. The van der Waals surface area contributed by atoms with Gasteiger partial charge in [-0.2, -0.15) is 0 Å². The van der Waals surface area contributed by atoms with Gasteiger partial charge in [0, 0.05) is 97.2 Å². The molecule has 2 fully saturated rings. The zero-order valence-electron chi connectivity index (χ0n) is 72.4. The molecule has 7 amide bonds. The number of carbonyl (C=O) groups is 12. The Morgan fingerprint density at radius 1 is 0.414 bits per heavy atom. The zero-order valence-corrected chi connectivity index (χ0v) is 72.4. The highest BCUT2D eigenvalue weighted by molar-refractivity contribution is 5.91. The van der Waals surface area contributed by atoms with E-state index in [4.69, 9.17) is 28.4 Å². The standard InChI is InChI=1S/C87H137N11O18/c1-60-31-33-61(34-32-60)25-24-30-71(99)88-43-22-20-28-67(91-72(100)56-95-45-47-96(57-74(102)113-84(5,6)7)49-51-98(59-76(104)115-86(11,12)13)52-50-97(48-46-95)58-75(103)114-85(8,9)10)78(106)90-55-62-35-39-65(40-36-62)77(105)92-70(54-63-37-38-64-26-18-19-27-66(64)53-63)79(107)89-44-23-21-29-68(80(108)111-17)93-82(110)94-69(81(109)116-87(14,15)16)41-42-73(101)112-83(2,3)4/h18-19,26-27,31-34,37-38,53,62,65,67-70H,20-25,28-30,35-36,39-52,54-59H2,1-17H3,(H,88,99)(H,89,107)(H,90,106)(H,91,100)(H,92,105)(H2,93,94,110). The van der Waals surface area contributed by atoms with Crippen molar-refractivity contribution in [2.75, 3.05) is 105 Å². The molecule has 116 heavy (non-hydrogen) atoms. The van der Waals surface area contributed by atoms with Crippen molar-refractivity contribution in [2.45, 2.75) is 266 Å². The van der Waals surface area contributed by atoms with Crippen LogP contribution < -0.4 is 37.2 Å². The lowest BCUT2D eigenvalue weighted by Crippen LogP contribution is -2.53. The van der Waals surface area contributed by atoms with Gasteiger partial charge in [0.25, 0.3) is 0 Å². The van der Waals surface area contributed by atoms with Gasteiger partial charge in [0.2, 0.25) is 29.5 Å². The Morgan fingerprint density at radius 2 is 0.862 bits per heavy atom. The minimum Gasteiger partial charge on any atom is -0.467 e. The third-order valence-electron chi connectivity index (χ3n) is 19.2. The number of ether oxygens (including phenoxy) is 6. The van der Waals surface area contributed by atoms with Gasteiger partial charge in [0.1, 0.15) is 52.2 Å². The molecule has 3 aromatic rings. The largest absolute Gasteiger partial charge is 0.467 e. The molecular formula is C87H137N11O18. The van der Waals surface area contributed by atoms with E-state index in [0.29, 0.717) is 123 Å². The number of nitrogens with zero attached hydrogens (tertiary/aromatic N) is 4. The summed E-state index contributed by atoms with van der Waals surface area (Å²) in [6.45, 7) is 31.4. The molecule has 29 heteroatoms. The Morgan fingerprint density at radius 3 is 1.36 bits per heavy atom. The van der Waals surface area contributed by atoms with Crippen molar-refractivity contribution in [1.29, 1.82) is 0 Å². The number of benzene rings is 3. The van der Waals surface area contributed by atoms with Gasteiger partial charge >= 0.3 is 41.8 Å². The summed E-state index contributed by atoms with van der Waals surface area (Å²) < 4.78 is 33.2. The zero-order chi connectivity index (χ0) is 86.0. The van der Waals surface area contributed by atoms with Crippen LogP contribution in [0, 0.1) is 18.8 Å². The molecule has 7 N–H and O–H groups in total. The molecule has 5 rings (SSSR count). The van der Waals surface area contributed by atoms with Crippen molar-refractivity contribution < 1.29 is 86.0 Å². The van der Waals surface area contributed by atoms with Gasteiger partial charge in [0.05, 0.1) is 33.3 Å². The summed E-state index contributed by atoms with van der Waals surface area (Å²) in [5.74, 6) is -5.47. The summed E-state index contributed by atoms with van der Waals surface area (Å²) in [6.07, 6.45) is 5.80. The first-order valence-corrected chi connectivity index (χ1v) is 41.4. The van der Waals surface area contributed by atoms with Crippen LogP contribution in [0.2, 0.25) is 0 Å². The van der Waals surface area contributed by atoms with Crippen molar-refractivity contribution in [2.24, 2.45) is 11.8 Å². The van der Waals surface area contributed by atoms with Crippen LogP contribution in [0.15, 0.2) is 66.7 Å². The smallest absolute Gasteiger partial charge is 0.329 e. The molecule has 2 aliphatic rings. The Kier molecular flexibility index (Phi) is 40.1. The molecule has 3 aromatic carbocycles. The van der Waals surface area contributed by atoms with Crippen LogP contribution >= 0.6 is 0 Å². The van der Waals surface area contributed by atoms with E-state index in [-0.39, 0.29) is 95.0 Å². The van der Waals surface area contributed by atoms with Crippen LogP contribution in [0.4, 0.5) is 4.79 Å². The fraction of sp³-hybridized carbons (Fsp3) is 0.678. The van der Waals surface area contributed by atoms with E-state index in [9.17, 15) is 57.5 Å². The summed E-state index contributed by atoms with van der Waals surface area (Å²) in [5, 5.41) is 22.3. The molecule has 4 unspecified atom stereocenters. The highest BCUT2D eigenvalue weighted by Gasteiger charge is 2.35. The lowest BCUT2D eigenvalue weighted by atomic mass is 9.81. The number of unbranched alkanes of at least 4 members (excludes halogenated alkanes) is 2. The molecule has 0 aromatic heterocycles. The van der Waals surface area contributed by atoms with Crippen LogP contribution in [-0.4, -0.2) is 248 Å². The first-order valence-electron chi connectivity index (χ1n) is 41.4. The summed E-state index contributed by atoms with van der Waals surface area (Å²) in [7, 11) is 1.18. The number of methoxy groups -OCH3 is 1. The minimum absolute atomic E-state index is 0.0235. The normalized spacial score (nSPS) is 17.0. The van der Waals surface area contributed by atoms with Gasteiger partial charge in [-0.15, -0.1) is 0 Å². The van der Waals surface area contributed by atoms with Crippen molar-refractivity contribution in [3.05, 3.63) is 83.4 Å². The number of amides is 7. The van der Waals surface area contributed by atoms with E-state index in [1.807, 2.05) is 69.0 Å². The Labute approximate surface area is 688 Å². The highest BCUT2D eigenvalue weighted by atomic mass is 16.6. The van der Waals surface area contributed by atoms with Crippen molar-refractivity contribution in [3.63, 3.8) is 0 Å². The van der Waals surface area contributed by atoms with E-state index in [1.54, 1.807) is 104 Å². The second-order valence-corrected chi connectivity index (χ2v) is 35.8. The topological polar surface area (TPSA) is 357 Å². The Hall–Kier alpha value is -8.80. The average molecular weight is 1630 g/mol. The van der Waals surface area contributed by atoms with Gasteiger partial charge in [-0.3, -0.25) is 62.8 Å². The molecule has 0 spiro atoms. The first-order chi connectivity index (χ1) is 54.3. The molecule has 29 nitrogen and oxygen atoms in total. The fourth-order valence-corrected chi connectivity index (χ4v) is 13.5. The van der Waals surface area contributed by atoms with Crippen LogP contribution in [0.1, 0.15) is 210 Å². The number of hydrogen-bond acceptors (Lipinski definition) is 22. The van der Waals surface area contributed by atoms with E-state index in [1.165, 1.54) is 12.7 Å². The van der Waals surface area contributed by atoms with Gasteiger partial charge in [-0.25, -0.2) is 14.4 Å². The molecule has 1 saturated carbocycles. The summed E-state index contributed by atoms with van der Waals surface area (Å²) in [6, 6.07) is 16.7. The molecule has 1 heterocycles. The second-order valence-electron chi connectivity index (χ2n) is 35.8. The minimum atomic E-state index is -1.26. The van der Waals surface area contributed by atoms with Gasteiger partial charge in [0.15, 0.2) is 0 Å². The van der Waals surface area contributed by atoms with E-state index < -0.39 is 112 Å². The molecule has 1 aliphatic heterocycles. The number of nitrogens with one attached hydrogen (secondary N) is 7. The lowest BCUT2D eigenvalue weighted by Gasteiger charge is -2.34. The second kappa shape index (κ2) is 47.6. The van der Waals surface area contributed by atoms with Crippen LogP contribution in [-0.2, 0) is 94.0 Å². The van der Waals surface area contributed by atoms with E-state index in [0.717, 1.165) is 28.3 Å². The first kappa shape index (κ1) is 97.8. The number of fused-ring (bicyclic) bond motifs is 1. The van der Waals surface area contributed by atoms with Crippen LogP contribution in [0.5, 0.6) is 0 Å². The highest BCUT2D eigenvalue weighted by Crippen LogP contribution is 2.30. The molecule has 1 saturated heterocycles. The summed E-state index contributed by atoms with van der Waals surface area (Å²) in [4.78, 5) is 171. The quantitative estimate of drug-likeness (QED) is 0.0162. The van der Waals surface area contributed by atoms with Crippen LogP contribution in [0.25, 0.3) is 10.8 Å². The number of urea groups is 1. The van der Waals surface area contributed by atoms with Crippen LogP contribution in [0.3, 0.4) is 0 Å². The number of aryl methyl sites for hydroxylation is 2. The van der Waals surface area contributed by atoms with E-state index in [2.05, 4.69) is 61.5 Å².